The van der Waals surface area contributed by atoms with Crippen LogP contribution in [-0.2, 0) is 4.79 Å². The van der Waals surface area contributed by atoms with Crippen molar-refractivity contribution < 1.29 is 14.3 Å². The molecule has 25 heavy (non-hydrogen) atoms. The molecule has 2 aromatic carbocycles. The third kappa shape index (κ3) is 4.75. The van der Waals surface area contributed by atoms with Crippen molar-refractivity contribution in [1.82, 2.24) is 5.32 Å². The molecule has 0 unspecified atom stereocenters. The molecule has 1 aliphatic rings. The van der Waals surface area contributed by atoms with Gasteiger partial charge in [0.15, 0.2) is 11.5 Å². The van der Waals surface area contributed by atoms with Gasteiger partial charge in [0.1, 0.15) is 13.2 Å². The fraction of sp³-hybridized carbons (Fsp3) is 0.278. The summed E-state index contributed by atoms with van der Waals surface area (Å²) < 4.78 is 11.0. The van der Waals surface area contributed by atoms with Crippen molar-refractivity contribution in [3.05, 3.63) is 52.0 Å². The Morgan fingerprint density at radius 2 is 1.88 bits per heavy atom. The number of thioether (sulfide) groups is 1. The van der Waals surface area contributed by atoms with Gasteiger partial charge in [-0.25, -0.2) is 0 Å². The highest BCUT2D eigenvalue weighted by Crippen LogP contribution is 2.34. The van der Waals surface area contributed by atoms with Crippen molar-refractivity contribution in [2.75, 3.05) is 19.0 Å². The van der Waals surface area contributed by atoms with Crippen molar-refractivity contribution in [2.45, 2.75) is 17.9 Å². The maximum Gasteiger partial charge on any atom is 0.230 e. The molecular weight excluding hydrogens is 381 g/mol. The van der Waals surface area contributed by atoms with Gasteiger partial charge >= 0.3 is 0 Å². The summed E-state index contributed by atoms with van der Waals surface area (Å²) in [6, 6.07) is 10.9. The van der Waals surface area contributed by atoms with Gasteiger partial charge in [-0.05, 0) is 42.8 Å². The maximum absolute atomic E-state index is 12.2. The Balaban J connectivity index is 1.54. The first-order valence-electron chi connectivity index (χ1n) is 7.79. The highest BCUT2D eigenvalue weighted by Gasteiger charge is 2.14. The molecule has 0 aliphatic carbocycles. The molecule has 0 saturated carbocycles. The Morgan fingerprint density at radius 3 is 2.64 bits per heavy atom. The molecule has 7 heteroatoms. The van der Waals surface area contributed by atoms with Crippen LogP contribution in [-0.4, -0.2) is 24.9 Å². The van der Waals surface area contributed by atoms with E-state index in [1.54, 1.807) is 12.1 Å². The first kappa shape index (κ1) is 18.2. The standard InChI is InChI=1S/C18H17Cl2NO3S/c1-11(12-2-4-14(19)15(20)8-12)21-18(22)10-25-13-3-5-16-17(9-13)24-7-6-23-16/h2-5,8-9,11H,6-7,10H2,1H3,(H,21,22)/t11-/m0/s1. The summed E-state index contributed by atoms with van der Waals surface area (Å²) in [5.74, 6) is 1.72. The molecule has 1 atom stereocenters. The van der Waals surface area contributed by atoms with E-state index < -0.39 is 0 Å². The van der Waals surface area contributed by atoms with Gasteiger partial charge in [-0.3, -0.25) is 4.79 Å². The van der Waals surface area contributed by atoms with E-state index in [9.17, 15) is 4.79 Å². The molecule has 2 aromatic rings. The Hall–Kier alpha value is -1.56. The fourth-order valence-corrected chi connectivity index (χ4v) is 3.45. The largest absolute Gasteiger partial charge is 0.486 e. The van der Waals surface area contributed by atoms with Crippen molar-refractivity contribution in [2.24, 2.45) is 0 Å². The van der Waals surface area contributed by atoms with Crippen molar-refractivity contribution >= 4 is 40.9 Å². The molecule has 4 nitrogen and oxygen atoms in total. The quantitative estimate of drug-likeness (QED) is 0.740. The Labute approximate surface area is 160 Å². The second-order valence-corrected chi connectivity index (χ2v) is 7.42. The molecule has 1 heterocycles. The minimum Gasteiger partial charge on any atom is -0.486 e. The monoisotopic (exact) mass is 397 g/mol. The van der Waals surface area contributed by atoms with Gasteiger partial charge in [-0.1, -0.05) is 29.3 Å². The van der Waals surface area contributed by atoms with E-state index in [-0.39, 0.29) is 11.9 Å². The van der Waals surface area contributed by atoms with Crippen LogP contribution in [0.5, 0.6) is 11.5 Å². The summed E-state index contributed by atoms with van der Waals surface area (Å²) in [5, 5.41) is 3.93. The van der Waals surface area contributed by atoms with Crippen LogP contribution in [0.1, 0.15) is 18.5 Å². The molecule has 0 aromatic heterocycles. The molecular formula is C18H17Cl2NO3S. The van der Waals surface area contributed by atoms with Gasteiger partial charge in [0.25, 0.3) is 0 Å². The summed E-state index contributed by atoms with van der Waals surface area (Å²) in [7, 11) is 0. The number of hydrogen-bond donors (Lipinski definition) is 1. The van der Waals surface area contributed by atoms with E-state index in [1.165, 1.54) is 11.8 Å². The average Bonchev–Trinajstić information content (AvgIpc) is 2.62. The van der Waals surface area contributed by atoms with E-state index in [4.69, 9.17) is 32.7 Å². The Bertz CT molecular complexity index is 785. The summed E-state index contributed by atoms with van der Waals surface area (Å²) in [4.78, 5) is 13.2. The predicted octanol–water partition coefficient (Wildman–Crippen LogP) is 4.73. The molecule has 0 fully saturated rings. The first-order chi connectivity index (χ1) is 12.0. The van der Waals surface area contributed by atoms with Gasteiger partial charge < -0.3 is 14.8 Å². The number of amides is 1. The number of hydrogen-bond acceptors (Lipinski definition) is 4. The van der Waals surface area contributed by atoms with Crippen LogP contribution in [0.15, 0.2) is 41.3 Å². The molecule has 0 radical (unpaired) electrons. The van der Waals surface area contributed by atoms with Crippen LogP contribution < -0.4 is 14.8 Å². The lowest BCUT2D eigenvalue weighted by atomic mass is 10.1. The first-order valence-corrected chi connectivity index (χ1v) is 9.54. The van der Waals surface area contributed by atoms with Gasteiger partial charge in [0.05, 0.1) is 21.8 Å². The number of carbonyl (C=O) groups is 1. The maximum atomic E-state index is 12.2. The summed E-state index contributed by atoms with van der Waals surface area (Å²) in [6.45, 7) is 3.02. The Kier molecular flexibility index (Phi) is 5.99. The third-order valence-electron chi connectivity index (χ3n) is 3.70. The molecule has 1 N–H and O–H groups in total. The lowest BCUT2D eigenvalue weighted by molar-refractivity contribution is -0.119. The van der Waals surface area contributed by atoms with Crippen molar-refractivity contribution in [3.8, 4) is 11.5 Å². The molecule has 0 saturated heterocycles. The van der Waals surface area contributed by atoms with Crippen molar-refractivity contribution in [3.63, 3.8) is 0 Å². The van der Waals surface area contributed by atoms with E-state index in [2.05, 4.69) is 5.32 Å². The molecule has 1 aliphatic heterocycles. The van der Waals surface area contributed by atoms with Gasteiger partial charge in [0, 0.05) is 4.90 Å². The molecule has 0 bridgehead atoms. The van der Waals surface area contributed by atoms with Crippen LogP contribution >= 0.6 is 35.0 Å². The van der Waals surface area contributed by atoms with Gasteiger partial charge in [-0.15, -0.1) is 11.8 Å². The third-order valence-corrected chi connectivity index (χ3v) is 5.44. The van der Waals surface area contributed by atoms with E-state index >= 15 is 0 Å². The van der Waals surface area contributed by atoms with Crippen LogP contribution in [0, 0.1) is 0 Å². The SMILES string of the molecule is C[C@H](NC(=O)CSc1ccc2c(c1)OCCO2)c1ccc(Cl)c(Cl)c1. The minimum atomic E-state index is -0.150. The lowest BCUT2D eigenvalue weighted by Crippen LogP contribution is -2.28. The molecule has 1 amide bonds. The minimum absolute atomic E-state index is 0.0570. The molecule has 3 rings (SSSR count). The normalized spacial score (nSPS) is 14.0. The number of halogens is 2. The summed E-state index contributed by atoms with van der Waals surface area (Å²) in [6.07, 6.45) is 0. The summed E-state index contributed by atoms with van der Waals surface area (Å²) in [5.41, 5.74) is 0.909. The Morgan fingerprint density at radius 1 is 1.12 bits per heavy atom. The summed E-state index contributed by atoms with van der Waals surface area (Å²) >= 11 is 13.4. The topological polar surface area (TPSA) is 47.6 Å². The predicted molar refractivity (Wildman–Crippen MR) is 101 cm³/mol. The van der Waals surface area contributed by atoms with Crippen LogP contribution in [0.25, 0.3) is 0 Å². The highest BCUT2D eigenvalue weighted by atomic mass is 35.5. The van der Waals surface area contributed by atoms with Crippen LogP contribution in [0.4, 0.5) is 0 Å². The van der Waals surface area contributed by atoms with Gasteiger partial charge in [0.2, 0.25) is 5.91 Å². The number of carbonyl (C=O) groups excluding carboxylic acids is 1. The number of ether oxygens (including phenoxy) is 2. The molecule has 132 valence electrons. The van der Waals surface area contributed by atoms with E-state index in [1.807, 2.05) is 31.2 Å². The van der Waals surface area contributed by atoms with E-state index in [0.29, 0.717) is 29.0 Å². The fourth-order valence-electron chi connectivity index (χ4n) is 2.41. The van der Waals surface area contributed by atoms with Crippen LogP contribution in [0.2, 0.25) is 10.0 Å². The van der Waals surface area contributed by atoms with Gasteiger partial charge in [-0.2, -0.15) is 0 Å². The average molecular weight is 398 g/mol. The zero-order valence-corrected chi connectivity index (χ0v) is 15.9. The highest BCUT2D eigenvalue weighted by molar-refractivity contribution is 8.00. The van der Waals surface area contributed by atoms with Crippen LogP contribution in [0.3, 0.4) is 0 Å². The van der Waals surface area contributed by atoms with E-state index in [0.717, 1.165) is 22.0 Å². The van der Waals surface area contributed by atoms with Crippen molar-refractivity contribution in [1.29, 1.82) is 0 Å². The zero-order valence-electron chi connectivity index (χ0n) is 13.6. The number of nitrogens with one attached hydrogen (secondary N) is 1. The smallest absolute Gasteiger partial charge is 0.230 e. The second-order valence-electron chi connectivity index (χ2n) is 5.56. The number of benzene rings is 2. The number of fused-ring (bicyclic) bond motifs is 1. The lowest BCUT2D eigenvalue weighted by Gasteiger charge is -2.19. The zero-order chi connectivity index (χ0) is 17.8. The second kappa shape index (κ2) is 8.21. The molecule has 0 spiro atoms. The number of rotatable bonds is 5.